The van der Waals surface area contributed by atoms with Crippen LogP contribution in [0.2, 0.25) is 15.1 Å². The van der Waals surface area contributed by atoms with Gasteiger partial charge in [0.25, 0.3) is 0 Å². The molecule has 1 aliphatic rings. The summed E-state index contributed by atoms with van der Waals surface area (Å²) >= 11 is 18.8. The summed E-state index contributed by atoms with van der Waals surface area (Å²) in [5, 5.41) is 1.53. The molecule has 0 amide bonds. The van der Waals surface area contributed by atoms with E-state index in [1.807, 2.05) is 31.2 Å². The molecule has 0 aromatic heterocycles. The molecule has 0 atom stereocenters. The van der Waals surface area contributed by atoms with Crippen LogP contribution in [-0.2, 0) is 11.3 Å². The van der Waals surface area contributed by atoms with Crippen LogP contribution in [0.5, 0.6) is 11.5 Å². The molecule has 3 aromatic rings. The number of benzene rings is 3. The molecule has 0 spiro atoms. The van der Waals surface area contributed by atoms with Gasteiger partial charge in [0.05, 0.1) is 30.5 Å². The molecule has 1 saturated heterocycles. The Bertz CT molecular complexity index is 1150. The highest BCUT2D eigenvalue weighted by molar-refractivity contribution is 6.35. The van der Waals surface area contributed by atoms with Gasteiger partial charge in [0.2, 0.25) is 0 Å². The summed E-state index contributed by atoms with van der Waals surface area (Å²) in [6, 6.07) is 17.1. The van der Waals surface area contributed by atoms with E-state index in [1.54, 1.807) is 24.4 Å². The molecule has 178 valence electrons. The average Bonchev–Trinajstić information content (AvgIpc) is 2.84. The van der Waals surface area contributed by atoms with Gasteiger partial charge < -0.3 is 19.1 Å². The van der Waals surface area contributed by atoms with Gasteiger partial charge in [-0.25, -0.2) is 0 Å². The summed E-state index contributed by atoms with van der Waals surface area (Å²) in [5.74, 6) is 1.01. The fraction of sp³-hybridized carbons (Fsp3) is 0.269. The molecule has 0 unspecified atom stereocenters. The molecule has 8 heteroatoms. The minimum atomic E-state index is 0.235. The number of hydrogen-bond donors (Lipinski definition) is 0. The van der Waals surface area contributed by atoms with Crippen LogP contribution in [0.3, 0.4) is 0 Å². The summed E-state index contributed by atoms with van der Waals surface area (Å²) < 4.78 is 17.2. The molecule has 0 N–H and O–H groups in total. The van der Waals surface area contributed by atoms with Crippen LogP contribution in [0.15, 0.2) is 59.6 Å². The third-order valence-electron chi connectivity index (χ3n) is 5.31. The van der Waals surface area contributed by atoms with E-state index in [9.17, 15) is 0 Å². The molecular formula is C26H25Cl3N2O3. The van der Waals surface area contributed by atoms with Crippen molar-refractivity contribution in [1.29, 1.82) is 0 Å². The Hall–Kier alpha value is -2.44. The lowest BCUT2D eigenvalue weighted by atomic mass is 10.2. The number of halogens is 3. The molecule has 34 heavy (non-hydrogen) atoms. The molecule has 0 saturated carbocycles. The quantitative estimate of drug-likeness (QED) is 0.295. The lowest BCUT2D eigenvalue weighted by molar-refractivity contribution is 0.122. The molecule has 0 radical (unpaired) electrons. The second kappa shape index (κ2) is 11.8. The molecule has 0 aliphatic carbocycles. The highest BCUT2D eigenvalue weighted by Crippen LogP contribution is 2.37. The predicted molar refractivity (Wildman–Crippen MR) is 140 cm³/mol. The van der Waals surface area contributed by atoms with Gasteiger partial charge in [-0.3, -0.25) is 4.99 Å². The minimum absolute atomic E-state index is 0.235. The van der Waals surface area contributed by atoms with Crippen molar-refractivity contribution in [3.05, 3.63) is 80.8 Å². The van der Waals surface area contributed by atoms with Gasteiger partial charge in [-0.05, 0) is 61.0 Å². The lowest BCUT2D eigenvalue weighted by Gasteiger charge is -2.28. The fourth-order valence-corrected chi connectivity index (χ4v) is 4.31. The summed E-state index contributed by atoms with van der Waals surface area (Å²) in [4.78, 5) is 6.90. The van der Waals surface area contributed by atoms with Gasteiger partial charge in [0, 0.05) is 40.6 Å². The Morgan fingerprint density at radius 1 is 0.941 bits per heavy atom. The van der Waals surface area contributed by atoms with Crippen LogP contribution in [0.25, 0.3) is 0 Å². The zero-order chi connectivity index (χ0) is 23.9. The smallest absolute Gasteiger partial charge is 0.180 e. The first-order valence-corrected chi connectivity index (χ1v) is 12.2. The van der Waals surface area contributed by atoms with Crippen LogP contribution in [0.1, 0.15) is 18.1 Å². The number of hydrogen-bond acceptors (Lipinski definition) is 5. The first kappa shape index (κ1) is 24.7. The van der Waals surface area contributed by atoms with Crippen LogP contribution in [-0.4, -0.2) is 39.1 Å². The van der Waals surface area contributed by atoms with Crippen molar-refractivity contribution in [1.82, 2.24) is 0 Å². The van der Waals surface area contributed by atoms with Crippen molar-refractivity contribution in [2.24, 2.45) is 4.99 Å². The number of morpholine rings is 1. The van der Waals surface area contributed by atoms with E-state index in [4.69, 9.17) is 49.0 Å². The zero-order valence-corrected chi connectivity index (χ0v) is 21.0. The number of ether oxygens (including phenoxy) is 3. The topological polar surface area (TPSA) is 43.3 Å². The zero-order valence-electron chi connectivity index (χ0n) is 18.8. The summed E-state index contributed by atoms with van der Waals surface area (Å²) in [7, 11) is 0. The van der Waals surface area contributed by atoms with Crippen molar-refractivity contribution in [3.8, 4) is 11.5 Å². The van der Waals surface area contributed by atoms with Crippen molar-refractivity contribution < 1.29 is 14.2 Å². The van der Waals surface area contributed by atoms with Crippen LogP contribution < -0.4 is 14.4 Å². The van der Waals surface area contributed by atoms with E-state index in [2.05, 4.69) is 22.0 Å². The Morgan fingerprint density at radius 2 is 1.71 bits per heavy atom. The molecule has 1 heterocycles. The van der Waals surface area contributed by atoms with Crippen molar-refractivity contribution in [2.45, 2.75) is 13.5 Å². The highest BCUT2D eigenvalue weighted by Gasteiger charge is 2.14. The largest absolute Gasteiger partial charge is 0.490 e. The van der Waals surface area contributed by atoms with Crippen LogP contribution in [0.4, 0.5) is 11.4 Å². The highest BCUT2D eigenvalue weighted by atomic mass is 35.5. The Labute approximate surface area is 214 Å². The molecule has 4 rings (SSSR count). The Morgan fingerprint density at radius 3 is 2.41 bits per heavy atom. The van der Waals surface area contributed by atoms with E-state index in [0.717, 1.165) is 43.1 Å². The standard InChI is InChI=1S/C26H25Cl3N2O3/c1-2-33-25-14-18(13-24(29)26(25)34-17-19-3-4-20(27)15-23(19)28)16-30-21-5-7-22(8-6-21)31-9-11-32-12-10-31/h3-8,13-16H,2,9-12,17H2,1H3. The van der Waals surface area contributed by atoms with E-state index in [1.165, 1.54) is 5.69 Å². The third-order valence-corrected chi connectivity index (χ3v) is 6.18. The van der Waals surface area contributed by atoms with Crippen LogP contribution >= 0.6 is 34.8 Å². The molecule has 5 nitrogen and oxygen atoms in total. The summed E-state index contributed by atoms with van der Waals surface area (Å²) in [6.07, 6.45) is 1.76. The summed E-state index contributed by atoms with van der Waals surface area (Å²) in [6.45, 7) is 5.94. The predicted octanol–water partition coefficient (Wildman–Crippen LogP) is 7.21. The Balaban J connectivity index is 1.48. The maximum absolute atomic E-state index is 6.55. The number of rotatable bonds is 8. The third kappa shape index (κ3) is 6.36. The maximum Gasteiger partial charge on any atom is 0.180 e. The first-order chi connectivity index (χ1) is 16.5. The van der Waals surface area contributed by atoms with Gasteiger partial charge >= 0.3 is 0 Å². The van der Waals surface area contributed by atoms with Crippen molar-refractivity contribution in [3.63, 3.8) is 0 Å². The first-order valence-electron chi connectivity index (χ1n) is 11.0. The fourth-order valence-electron chi connectivity index (χ4n) is 3.57. The average molecular weight is 520 g/mol. The SMILES string of the molecule is CCOc1cc(C=Nc2ccc(N3CCOCC3)cc2)cc(Cl)c1OCc1ccc(Cl)cc1Cl. The van der Waals surface area contributed by atoms with E-state index >= 15 is 0 Å². The van der Waals surface area contributed by atoms with Gasteiger partial charge in [-0.1, -0.05) is 40.9 Å². The second-order valence-corrected chi connectivity index (χ2v) is 8.91. The molecule has 1 fully saturated rings. The van der Waals surface area contributed by atoms with E-state index in [0.29, 0.717) is 33.2 Å². The molecule has 1 aliphatic heterocycles. The van der Waals surface area contributed by atoms with Gasteiger partial charge in [-0.2, -0.15) is 0 Å². The molecule has 3 aromatic carbocycles. The lowest BCUT2D eigenvalue weighted by Crippen LogP contribution is -2.36. The van der Waals surface area contributed by atoms with Gasteiger partial charge in [0.1, 0.15) is 6.61 Å². The van der Waals surface area contributed by atoms with E-state index in [-0.39, 0.29) is 6.61 Å². The van der Waals surface area contributed by atoms with Crippen molar-refractivity contribution >= 4 is 52.4 Å². The number of nitrogens with zero attached hydrogens (tertiary/aromatic N) is 2. The van der Waals surface area contributed by atoms with Crippen molar-refractivity contribution in [2.75, 3.05) is 37.8 Å². The van der Waals surface area contributed by atoms with E-state index < -0.39 is 0 Å². The molecule has 0 bridgehead atoms. The van der Waals surface area contributed by atoms with Gasteiger partial charge in [0.15, 0.2) is 11.5 Å². The molecular weight excluding hydrogens is 495 g/mol. The second-order valence-electron chi connectivity index (χ2n) is 7.66. The normalized spacial score (nSPS) is 13.9. The number of anilines is 1. The number of aliphatic imine (C=N–C) groups is 1. The monoisotopic (exact) mass is 518 g/mol. The minimum Gasteiger partial charge on any atom is -0.490 e. The maximum atomic E-state index is 6.55. The summed E-state index contributed by atoms with van der Waals surface area (Å²) in [5.41, 5.74) is 3.63. The Kier molecular flexibility index (Phi) is 8.57. The van der Waals surface area contributed by atoms with Gasteiger partial charge in [-0.15, -0.1) is 0 Å². The van der Waals surface area contributed by atoms with Crippen LogP contribution in [0, 0.1) is 0 Å².